The lowest BCUT2D eigenvalue weighted by atomic mass is 10.0. The number of nitrogens with two attached hydrogens (primary N) is 2. The maximum Gasteiger partial charge on any atom is 0.280 e. The molecule has 0 saturated carbocycles. The summed E-state index contributed by atoms with van der Waals surface area (Å²) in [6.45, 7) is 1.93. The van der Waals surface area contributed by atoms with Crippen molar-refractivity contribution >= 4 is 34.4 Å². The van der Waals surface area contributed by atoms with E-state index in [1.54, 1.807) is 24.3 Å². The fourth-order valence-electron chi connectivity index (χ4n) is 2.87. The smallest absolute Gasteiger partial charge is 0.280 e. The molecule has 2 aromatic carbocycles. The van der Waals surface area contributed by atoms with Crippen LogP contribution in [0.15, 0.2) is 59.6 Å². The van der Waals surface area contributed by atoms with Crippen LogP contribution < -0.4 is 16.8 Å². The molecule has 0 saturated heterocycles. The monoisotopic (exact) mass is 375 g/mol. The summed E-state index contributed by atoms with van der Waals surface area (Å²) in [4.78, 5) is 32.8. The number of amides is 2. The van der Waals surface area contributed by atoms with Gasteiger partial charge < -0.3 is 16.8 Å². The molecule has 3 rings (SSSR count). The standard InChI is InChI=1S/C21H21N5O2/c1-2-6-19(27)24-14-9-10-17-15(11-14)16(20(28)26-21(22)23)12-18(25-17)13-7-4-3-5-8-13/h3-5,7-12H,2,6H2,1H3,(H,24,27)(H4,22,23,26,28). The molecule has 0 aliphatic rings. The number of carbonyl (C=O) groups excluding carboxylic acids is 2. The SMILES string of the molecule is CCCC(=O)Nc1ccc2nc(-c3ccccc3)cc(C(=O)N=C(N)N)c2c1. The molecule has 0 aliphatic heterocycles. The van der Waals surface area contributed by atoms with Gasteiger partial charge in [-0.25, -0.2) is 4.98 Å². The number of hydrogen-bond acceptors (Lipinski definition) is 3. The number of guanidine groups is 1. The van der Waals surface area contributed by atoms with Gasteiger partial charge in [-0.1, -0.05) is 37.3 Å². The van der Waals surface area contributed by atoms with Crippen LogP contribution in [-0.2, 0) is 4.79 Å². The van der Waals surface area contributed by atoms with E-state index < -0.39 is 5.91 Å². The van der Waals surface area contributed by atoms with Gasteiger partial charge in [0.25, 0.3) is 5.91 Å². The third kappa shape index (κ3) is 4.32. The number of anilines is 1. The van der Waals surface area contributed by atoms with Crippen molar-refractivity contribution in [3.05, 3.63) is 60.2 Å². The van der Waals surface area contributed by atoms with Crippen LogP contribution in [0.5, 0.6) is 0 Å². The van der Waals surface area contributed by atoms with Crippen LogP contribution >= 0.6 is 0 Å². The highest BCUT2D eigenvalue weighted by molar-refractivity contribution is 6.11. The number of nitrogens with one attached hydrogen (secondary N) is 1. The molecule has 2 amide bonds. The van der Waals surface area contributed by atoms with Crippen molar-refractivity contribution in [2.45, 2.75) is 19.8 Å². The summed E-state index contributed by atoms with van der Waals surface area (Å²) in [6, 6.07) is 16.4. The van der Waals surface area contributed by atoms with Gasteiger partial charge in [-0.3, -0.25) is 9.59 Å². The second-order valence-electron chi connectivity index (χ2n) is 6.29. The van der Waals surface area contributed by atoms with Gasteiger partial charge in [0.1, 0.15) is 0 Å². The van der Waals surface area contributed by atoms with Crippen LogP contribution in [0.3, 0.4) is 0 Å². The lowest BCUT2D eigenvalue weighted by Crippen LogP contribution is -2.24. The minimum absolute atomic E-state index is 0.0900. The zero-order valence-electron chi connectivity index (χ0n) is 15.5. The minimum atomic E-state index is -0.568. The highest BCUT2D eigenvalue weighted by Gasteiger charge is 2.15. The largest absolute Gasteiger partial charge is 0.370 e. The molecular formula is C21H21N5O2. The number of benzene rings is 2. The number of rotatable bonds is 5. The Bertz CT molecular complexity index is 1060. The van der Waals surface area contributed by atoms with Gasteiger partial charge in [-0.05, 0) is 30.7 Å². The number of pyridine rings is 1. The van der Waals surface area contributed by atoms with Crippen molar-refractivity contribution in [2.75, 3.05) is 5.32 Å². The Hall–Kier alpha value is -3.74. The molecule has 0 aliphatic carbocycles. The van der Waals surface area contributed by atoms with Crippen LogP contribution in [0.25, 0.3) is 22.2 Å². The van der Waals surface area contributed by atoms with Crippen LogP contribution in [0.2, 0.25) is 0 Å². The van der Waals surface area contributed by atoms with Crippen LogP contribution in [0.4, 0.5) is 5.69 Å². The molecule has 0 atom stereocenters. The first-order chi connectivity index (χ1) is 13.5. The molecule has 0 radical (unpaired) electrons. The van der Waals surface area contributed by atoms with Crippen molar-refractivity contribution < 1.29 is 9.59 Å². The van der Waals surface area contributed by atoms with E-state index in [0.717, 1.165) is 12.0 Å². The summed E-state index contributed by atoms with van der Waals surface area (Å²) in [7, 11) is 0. The predicted octanol–water partition coefficient (Wildman–Crippen LogP) is 3.05. The normalized spacial score (nSPS) is 10.5. The summed E-state index contributed by atoms with van der Waals surface area (Å²) in [5, 5.41) is 3.38. The Morgan fingerprint density at radius 2 is 1.82 bits per heavy atom. The van der Waals surface area contributed by atoms with Gasteiger partial charge in [0.2, 0.25) is 5.91 Å². The van der Waals surface area contributed by atoms with Crippen LogP contribution in [0, 0.1) is 0 Å². The first-order valence-electron chi connectivity index (χ1n) is 8.92. The van der Waals surface area contributed by atoms with Crippen molar-refractivity contribution in [1.29, 1.82) is 0 Å². The molecule has 0 fully saturated rings. The van der Waals surface area contributed by atoms with Gasteiger partial charge in [0, 0.05) is 23.1 Å². The maximum absolute atomic E-state index is 12.6. The fraction of sp³-hybridized carbons (Fsp3) is 0.143. The van der Waals surface area contributed by atoms with Crippen molar-refractivity contribution in [3.63, 3.8) is 0 Å². The Balaban J connectivity index is 2.15. The van der Waals surface area contributed by atoms with E-state index in [1.807, 2.05) is 37.3 Å². The summed E-state index contributed by atoms with van der Waals surface area (Å²) in [5.74, 6) is -0.974. The first kappa shape index (κ1) is 19.0. The quantitative estimate of drug-likeness (QED) is 0.467. The number of nitrogens with zero attached hydrogens (tertiary/aromatic N) is 2. The molecule has 142 valence electrons. The molecule has 1 aromatic heterocycles. The Kier molecular flexibility index (Phi) is 5.64. The number of aliphatic imine (C=N–C) groups is 1. The zero-order chi connectivity index (χ0) is 20.1. The lowest BCUT2D eigenvalue weighted by molar-refractivity contribution is -0.116. The first-order valence-corrected chi connectivity index (χ1v) is 8.92. The molecule has 28 heavy (non-hydrogen) atoms. The molecule has 7 heteroatoms. The van der Waals surface area contributed by atoms with Crippen LogP contribution in [-0.4, -0.2) is 22.8 Å². The summed E-state index contributed by atoms with van der Waals surface area (Å²) >= 11 is 0. The molecule has 1 heterocycles. The highest BCUT2D eigenvalue weighted by atomic mass is 16.2. The number of hydrogen-bond donors (Lipinski definition) is 3. The molecule has 5 N–H and O–H groups in total. The molecule has 3 aromatic rings. The number of fused-ring (bicyclic) bond motifs is 1. The van der Waals surface area contributed by atoms with E-state index in [0.29, 0.717) is 34.3 Å². The Morgan fingerprint density at radius 3 is 2.50 bits per heavy atom. The average molecular weight is 375 g/mol. The van der Waals surface area contributed by atoms with E-state index in [9.17, 15) is 9.59 Å². The minimum Gasteiger partial charge on any atom is -0.370 e. The fourth-order valence-corrected chi connectivity index (χ4v) is 2.87. The topological polar surface area (TPSA) is 123 Å². The van der Waals surface area contributed by atoms with Crippen LogP contribution in [0.1, 0.15) is 30.1 Å². The maximum atomic E-state index is 12.6. The average Bonchev–Trinajstić information content (AvgIpc) is 2.67. The zero-order valence-corrected chi connectivity index (χ0v) is 15.5. The summed E-state index contributed by atoms with van der Waals surface area (Å²) in [5.41, 5.74) is 13.8. The number of aromatic nitrogens is 1. The molecular weight excluding hydrogens is 354 g/mol. The second-order valence-corrected chi connectivity index (χ2v) is 6.29. The molecule has 0 spiro atoms. The molecule has 0 bridgehead atoms. The van der Waals surface area contributed by atoms with E-state index in [1.165, 1.54) is 0 Å². The third-order valence-corrected chi connectivity index (χ3v) is 4.10. The van der Waals surface area contributed by atoms with Crippen molar-refractivity contribution in [1.82, 2.24) is 4.98 Å². The van der Waals surface area contributed by atoms with Gasteiger partial charge in [0.05, 0.1) is 16.8 Å². The van der Waals surface area contributed by atoms with Gasteiger partial charge >= 0.3 is 0 Å². The molecule has 7 nitrogen and oxygen atoms in total. The highest BCUT2D eigenvalue weighted by Crippen LogP contribution is 2.27. The number of carbonyl (C=O) groups is 2. The third-order valence-electron chi connectivity index (χ3n) is 4.10. The van der Waals surface area contributed by atoms with E-state index in [2.05, 4.69) is 15.3 Å². The van der Waals surface area contributed by atoms with E-state index >= 15 is 0 Å². The Morgan fingerprint density at radius 1 is 1.07 bits per heavy atom. The van der Waals surface area contributed by atoms with Crippen molar-refractivity contribution in [2.24, 2.45) is 16.5 Å². The predicted molar refractivity (Wildman–Crippen MR) is 111 cm³/mol. The summed E-state index contributed by atoms with van der Waals surface area (Å²) in [6.07, 6.45) is 1.17. The van der Waals surface area contributed by atoms with E-state index in [4.69, 9.17) is 11.5 Å². The summed E-state index contributed by atoms with van der Waals surface area (Å²) < 4.78 is 0. The van der Waals surface area contributed by atoms with Gasteiger partial charge in [-0.2, -0.15) is 4.99 Å². The second kappa shape index (κ2) is 8.30. The molecule has 0 unspecified atom stereocenters. The van der Waals surface area contributed by atoms with Gasteiger partial charge in [-0.15, -0.1) is 0 Å². The van der Waals surface area contributed by atoms with E-state index in [-0.39, 0.29) is 11.9 Å². The Labute approximate surface area is 162 Å². The van der Waals surface area contributed by atoms with Crippen molar-refractivity contribution in [3.8, 4) is 11.3 Å². The van der Waals surface area contributed by atoms with Gasteiger partial charge in [0.15, 0.2) is 5.96 Å². The lowest BCUT2D eigenvalue weighted by Gasteiger charge is -2.10.